The number of anilines is 1. The standard InChI is InChI=1S/C10H15N3O4S2/c1-3-4-18-10-12-9(19-13-10)11-7(14)5-17-6(2)8(15)16/h6H,3-5H2,1-2H3,(H,15,16)(H,11,12,13,14)/t6-/m0/s1. The summed E-state index contributed by atoms with van der Waals surface area (Å²) in [5, 5.41) is 12.1. The van der Waals surface area contributed by atoms with Crippen LogP contribution in [0.5, 0.6) is 0 Å². The number of aromatic nitrogens is 2. The first kappa shape index (κ1) is 15.9. The minimum absolute atomic E-state index is 0.329. The van der Waals surface area contributed by atoms with Gasteiger partial charge in [0.1, 0.15) is 6.61 Å². The monoisotopic (exact) mass is 305 g/mol. The van der Waals surface area contributed by atoms with E-state index in [1.165, 1.54) is 18.7 Å². The molecule has 0 aliphatic carbocycles. The molecule has 1 aromatic rings. The van der Waals surface area contributed by atoms with E-state index in [4.69, 9.17) is 9.84 Å². The molecule has 19 heavy (non-hydrogen) atoms. The first-order chi connectivity index (χ1) is 9.02. The van der Waals surface area contributed by atoms with Crippen LogP contribution in [0.1, 0.15) is 20.3 Å². The van der Waals surface area contributed by atoms with Crippen molar-refractivity contribution in [1.29, 1.82) is 0 Å². The van der Waals surface area contributed by atoms with Crippen molar-refractivity contribution >= 4 is 40.3 Å². The summed E-state index contributed by atoms with van der Waals surface area (Å²) in [5.74, 6) is -0.637. The van der Waals surface area contributed by atoms with E-state index in [0.717, 1.165) is 23.7 Å². The summed E-state index contributed by atoms with van der Waals surface area (Å²) in [6.07, 6.45) is 0.00258. The summed E-state index contributed by atoms with van der Waals surface area (Å²) in [6, 6.07) is 0. The summed E-state index contributed by atoms with van der Waals surface area (Å²) >= 11 is 2.60. The summed E-state index contributed by atoms with van der Waals surface area (Å²) in [4.78, 5) is 26.1. The van der Waals surface area contributed by atoms with Crippen LogP contribution in [0.25, 0.3) is 0 Å². The number of hydrogen-bond donors (Lipinski definition) is 2. The molecule has 2 N–H and O–H groups in total. The van der Waals surface area contributed by atoms with Crippen molar-refractivity contribution in [3.05, 3.63) is 0 Å². The van der Waals surface area contributed by atoms with Crippen molar-refractivity contribution in [3.63, 3.8) is 0 Å². The molecule has 0 spiro atoms. The van der Waals surface area contributed by atoms with Gasteiger partial charge in [-0.2, -0.15) is 9.36 Å². The Morgan fingerprint density at radius 1 is 1.58 bits per heavy atom. The number of hydrogen-bond acceptors (Lipinski definition) is 7. The number of carbonyl (C=O) groups is 2. The lowest BCUT2D eigenvalue weighted by Crippen LogP contribution is -2.26. The van der Waals surface area contributed by atoms with Crippen molar-refractivity contribution in [1.82, 2.24) is 9.36 Å². The first-order valence-electron chi connectivity index (χ1n) is 5.63. The number of rotatable bonds is 8. The largest absolute Gasteiger partial charge is 0.479 e. The van der Waals surface area contributed by atoms with E-state index in [0.29, 0.717) is 10.3 Å². The van der Waals surface area contributed by atoms with Crippen LogP contribution in [0.2, 0.25) is 0 Å². The van der Waals surface area contributed by atoms with Crippen LogP contribution in [0.15, 0.2) is 5.16 Å². The van der Waals surface area contributed by atoms with E-state index in [1.807, 2.05) is 0 Å². The SMILES string of the molecule is CCCSc1nsc(NC(=O)CO[C@@H](C)C(=O)O)n1. The van der Waals surface area contributed by atoms with Crippen LogP contribution >= 0.6 is 23.3 Å². The summed E-state index contributed by atoms with van der Waals surface area (Å²) in [7, 11) is 0. The van der Waals surface area contributed by atoms with Gasteiger partial charge in [-0.15, -0.1) is 0 Å². The third-order valence-electron chi connectivity index (χ3n) is 1.90. The molecule has 1 amide bonds. The molecule has 1 aromatic heterocycles. The average Bonchev–Trinajstić information content (AvgIpc) is 2.80. The topological polar surface area (TPSA) is 101 Å². The summed E-state index contributed by atoms with van der Waals surface area (Å²) in [5.41, 5.74) is 0. The lowest BCUT2D eigenvalue weighted by Gasteiger charge is -2.07. The Morgan fingerprint density at radius 2 is 2.32 bits per heavy atom. The number of carbonyl (C=O) groups excluding carboxylic acids is 1. The molecular formula is C10H15N3O4S2. The second kappa shape index (κ2) is 8.08. The highest BCUT2D eigenvalue weighted by Gasteiger charge is 2.14. The van der Waals surface area contributed by atoms with Gasteiger partial charge in [-0.25, -0.2) is 4.79 Å². The zero-order valence-electron chi connectivity index (χ0n) is 10.6. The van der Waals surface area contributed by atoms with Crippen LogP contribution < -0.4 is 5.32 Å². The van der Waals surface area contributed by atoms with Gasteiger partial charge < -0.3 is 9.84 Å². The highest BCUT2D eigenvalue weighted by Crippen LogP contribution is 2.20. The third kappa shape index (κ3) is 5.99. The molecule has 0 aromatic carbocycles. The molecule has 0 fully saturated rings. The van der Waals surface area contributed by atoms with Crippen molar-refractivity contribution < 1.29 is 19.4 Å². The van der Waals surface area contributed by atoms with Crippen LogP contribution in [-0.2, 0) is 14.3 Å². The number of carboxylic acid groups (broad SMARTS) is 1. The lowest BCUT2D eigenvalue weighted by atomic mass is 10.4. The van der Waals surface area contributed by atoms with Crippen LogP contribution in [0.3, 0.4) is 0 Å². The van der Waals surface area contributed by atoms with Gasteiger partial charge in [-0.05, 0) is 13.3 Å². The maximum Gasteiger partial charge on any atom is 0.332 e. The number of thioether (sulfide) groups is 1. The molecular weight excluding hydrogens is 290 g/mol. The van der Waals surface area contributed by atoms with Gasteiger partial charge in [-0.1, -0.05) is 18.7 Å². The van der Waals surface area contributed by atoms with Crippen LogP contribution in [-0.4, -0.2) is 44.8 Å². The predicted molar refractivity (Wildman–Crippen MR) is 72.6 cm³/mol. The fourth-order valence-corrected chi connectivity index (χ4v) is 2.36. The molecule has 0 aliphatic heterocycles. The van der Waals surface area contributed by atoms with Gasteiger partial charge in [-0.3, -0.25) is 10.1 Å². The van der Waals surface area contributed by atoms with E-state index < -0.39 is 18.0 Å². The van der Waals surface area contributed by atoms with Crippen molar-refractivity contribution in [3.8, 4) is 0 Å². The quantitative estimate of drug-likeness (QED) is 0.701. The molecule has 9 heteroatoms. The molecule has 0 unspecified atom stereocenters. The number of aliphatic carboxylic acids is 1. The van der Waals surface area contributed by atoms with Crippen molar-refractivity contribution in [2.75, 3.05) is 17.7 Å². The van der Waals surface area contributed by atoms with Gasteiger partial charge in [0, 0.05) is 17.3 Å². The number of ether oxygens (including phenoxy) is 1. The second-order valence-corrected chi connectivity index (χ2v) is 5.38. The highest BCUT2D eigenvalue weighted by atomic mass is 32.2. The van der Waals surface area contributed by atoms with Crippen molar-refractivity contribution in [2.24, 2.45) is 0 Å². The number of nitrogens with one attached hydrogen (secondary N) is 1. The maximum absolute atomic E-state index is 11.5. The zero-order chi connectivity index (χ0) is 14.3. The molecule has 1 atom stereocenters. The summed E-state index contributed by atoms with van der Waals surface area (Å²) in [6.45, 7) is 3.09. The second-order valence-electron chi connectivity index (χ2n) is 3.57. The predicted octanol–water partition coefficient (Wildman–Crippen LogP) is 1.47. The third-order valence-corrected chi connectivity index (χ3v) is 3.70. The highest BCUT2D eigenvalue weighted by molar-refractivity contribution is 7.99. The number of nitrogens with zero attached hydrogens (tertiary/aromatic N) is 2. The van der Waals surface area contributed by atoms with Gasteiger partial charge in [0.05, 0.1) is 0 Å². The molecule has 0 aliphatic rings. The van der Waals surface area contributed by atoms with E-state index in [2.05, 4.69) is 21.6 Å². The van der Waals surface area contributed by atoms with Gasteiger partial charge in [0.2, 0.25) is 10.3 Å². The zero-order valence-corrected chi connectivity index (χ0v) is 12.2. The molecule has 1 heterocycles. The normalized spacial score (nSPS) is 12.1. The molecule has 0 saturated carbocycles. The Labute approximate surface area is 118 Å². The Balaban J connectivity index is 2.35. The fraction of sp³-hybridized carbons (Fsp3) is 0.600. The molecule has 0 saturated heterocycles. The van der Waals surface area contributed by atoms with E-state index in [1.54, 1.807) is 0 Å². The first-order valence-corrected chi connectivity index (χ1v) is 7.39. The Hall–Kier alpha value is -1.19. The van der Waals surface area contributed by atoms with Crippen LogP contribution in [0.4, 0.5) is 5.13 Å². The number of amides is 1. The molecule has 1 rings (SSSR count). The fourth-order valence-electron chi connectivity index (χ4n) is 0.940. The Bertz CT molecular complexity index is 438. The van der Waals surface area contributed by atoms with E-state index in [9.17, 15) is 9.59 Å². The average molecular weight is 305 g/mol. The number of carboxylic acids is 1. The Kier molecular flexibility index (Phi) is 6.74. The molecule has 0 radical (unpaired) electrons. The van der Waals surface area contributed by atoms with Gasteiger partial charge >= 0.3 is 5.97 Å². The van der Waals surface area contributed by atoms with Crippen molar-refractivity contribution in [2.45, 2.75) is 31.5 Å². The molecule has 0 bridgehead atoms. The van der Waals surface area contributed by atoms with E-state index in [-0.39, 0.29) is 6.61 Å². The van der Waals surface area contributed by atoms with Gasteiger partial charge in [0.15, 0.2) is 6.10 Å². The van der Waals surface area contributed by atoms with E-state index >= 15 is 0 Å². The van der Waals surface area contributed by atoms with Gasteiger partial charge in [0.25, 0.3) is 5.91 Å². The lowest BCUT2D eigenvalue weighted by molar-refractivity contribution is -0.150. The minimum atomic E-state index is -1.11. The minimum Gasteiger partial charge on any atom is -0.479 e. The Morgan fingerprint density at radius 3 is 2.95 bits per heavy atom. The van der Waals surface area contributed by atoms with Crippen LogP contribution in [0, 0.1) is 0 Å². The maximum atomic E-state index is 11.5. The molecule has 7 nitrogen and oxygen atoms in total. The summed E-state index contributed by atoms with van der Waals surface area (Å²) < 4.78 is 8.92. The molecule has 106 valence electrons. The smallest absolute Gasteiger partial charge is 0.332 e.